The van der Waals surface area contributed by atoms with Gasteiger partial charge in [-0.3, -0.25) is 0 Å². The summed E-state index contributed by atoms with van der Waals surface area (Å²) in [6.07, 6.45) is 4.90. The van der Waals surface area contributed by atoms with E-state index in [9.17, 15) is 0 Å². The van der Waals surface area contributed by atoms with E-state index < -0.39 is 26.6 Å². The Hall–Kier alpha value is -2.29. The third-order valence-corrected chi connectivity index (χ3v) is 17.6. The molecule has 5 heteroatoms. The van der Waals surface area contributed by atoms with Gasteiger partial charge in [0, 0.05) is 5.54 Å². The molecule has 0 spiro atoms. The van der Waals surface area contributed by atoms with Crippen LogP contribution in [0.4, 0.5) is 0 Å². The number of rotatable bonds is 12. The molecule has 0 saturated heterocycles. The van der Waals surface area contributed by atoms with Crippen molar-refractivity contribution in [2.45, 2.75) is 43.3 Å². The first-order chi connectivity index (χ1) is 16.7. The van der Waals surface area contributed by atoms with Crippen molar-refractivity contribution in [1.29, 1.82) is 0 Å². The molecule has 1 aliphatic carbocycles. The highest BCUT2D eigenvalue weighted by Crippen LogP contribution is 2.40. The Bertz CT molecular complexity index is 966. The highest BCUT2D eigenvalue weighted by molar-refractivity contribution is 6.91. The molecule has 2 unspecified atom stereocenters. The molecule has 0 bridgehead atoms. The summed E-state index contributed by atoms with van der Waals surface area (Å²) in [7, 11) is -6.25. The predicted octanol–water partition coefficient (Wildman–Crippen LogP) is 5.78. The smallest absolute Gasteiger partial charge is 0.355 e. The third-order valence-electron chi connectivity index (χ3n) is 6.81. The van der Waals surface area contributed by atoms with E-state index in [-0.39, 0.29) is 0 Å². The first kappa shape index (κ1) is 24.8. The van der Waals surface area contributed by atoms with E-state index in [4.69, 9.17) is 8.23 Å². The molecule has 1 fully saturated rings. The van der Waals surface area contributed by atoms with Gasteiger partial charge in [0.05, 0.1) is 0 Å². The maximum atomic E-state index is 7.36. The maximum Gasteiger partial charge on any atom is 0.355 e. The van der Waals surface area contributed by atoms with E-state index in [1.165, 1.54) is 42.0 Å². The summed E-state index contributed by atoms with van der Waals surface area (Å²) in [6, 6.07) is 34.2. The van der Waals surface area contributed by atoms with Crippen LogP contribution < -0.4 is 5.19 Å². The zero-order valence-electron chi connectivity index (χ0n) is 20.0. The lowest BCUT2D eigenvalue weighted by molar-refractivity contribution is 0.387. The van der Waals surface area contributed by atoms with Crippen LogP contribution in [0.15, 0.2) is 116 Å². The van der Waals surface area contributed by atoms with E-state index in [0.717, 1.165) is 12.1 Å². The summed E-state index contributed by atoms with van der Waals surface area (Å²) in [5.41, 5.74) is 7.34. The van der Waals surface area contributed by atoms with Crippen molar-refractivity contribution in [2.24, 2.45) is 0 Å². The highest BCUT2D eigenvalue weighted by atomic mass is 28.5. The molecule has 2 nitrogen and oxygen atoms in total. The number of hydrogen-bond acceptors (Lipinski definition) is 2. The van der Waals surface area contributed by atoms with Crippen molar-refractivity contribution in [3.05, 3.63) is 127 Å². The lowest BCUT2D eigenvalue weighted by Gasteiger charge is -2.41. The summed E-state index contributed by atoms with van der Waals surface area (Å²) in [6.45, 7) is 8.45. The van der Waals surface area contributed by atoms with Crippen LogP contribution in [0.2, 0.25) is 5.54 Å². The van der Waals surface area contributed by atoms with Gasteiger partial charge in [-0.15, -0.1) is 13.2 Å². The van der Waals surface area contributed by atoms with Gasteiger partial charge in [-0.2, -0.15) is 0 Å². The Morgan fingerprint density at radius 1 is 0.676 bits per heavy atom. The van der Waals surface area contributed by atoms with Crippen LogP contribution in [0.5, 0.6) is 0 Å². The van der Waals surface area contributed by atoms with Crippen LogP contribution in [0.1, 0.15) is 36.8 Å². The number of benzene rings is 3. The summed E-state index contributed by atoms with van der Waals surface area (Å²) in [5.74, 6) is 0. The molecule has 1 saturated carbocycles. The average molecular weight is 501 g/mol. The maximum absolute atomic E-state index is 7.36. The van der Waals surface area contributed by atoms with E-state index in [1.807, 2.05) is 0 Å². The molecule has 0 heterocycles. The second-order valence-corrected chi connectivity index (χ2v) is 17.7. The molecule has 0 aliphatic heterocycles. The molecular weight excluding hydrogens is 465 g/mol. The average Bonchev–Trinajstić information content (AvgIpc) is 3.45. The fourth-order valence-electron chi connectivity index (χ4n) is 5.06. The molecule has 0 aromatic heterocycles. The lowest BCUT2D eigenvalue weighted by atomic mass is 10.2. The highest BCUT2D eigenvalue weighted by Gasteiger charge is 2.50. The van der Waals surface area contributed by atoms with Gasteiger partial charge in [-0.1, -0.05) is 115 Å². The molecular formula is C29H36O2Si3. The van der Waals surface area contributed by atoms with Crippen LogP contribution >= 0.6 is 0 Å². The first-order valence-corrected chi connectivity index (χ1v) is 18.3. The van der Waals surface area contributed by atoms with Gasteiger partial charge in [-0.25, -0.2) is 0 Å². The Morgan fingerprint density at radius 3 is 1.50 bits per heavy atom. The van der Waals surface area contributed by atoms with Gasteiger partial charge in [-0.05, 0) is 41.2 Å². The van der Waals surface area contributed by atoms with E-state index >= 15 is 0 Å². The van der Waals surface area contributed by atoms with Gasteiger partial charge in [0.1, 0.15) is 0 Å². The lowest BCUT2D eigenvalue weighted by Crippen LogP contribution is -2.62. The van der Waals surface area contributed by atoms with Crippen molar-refractivity contribution in [3.8, 4) is 0 Å². The second kappa shape index (κ2) is 12.4. The van der Waals surface area contributed by atoms with Crippen LogP contribution in [-0.2, 0) is 20.3 Å². The summed E-state index contributed by atoms with van der Waals surface area (Å²) < 4.78 is 14.7. The van der Waals surface area contributed by atoms with Gasteiger partial charge < -0.3 is 8.23 Å². The Balaban J connectivity index is 1.70. The topological polar surface area (TPSA) is 18.5 Å². The van der Waals surface area contributed by atoms with Crippen LogP contribution in [0.25, 0.3) is 0 Å². The van der Waals surface area contributed by atoms with Gasteiger partial charge in [0.2, 0.25) is 0 Å². The normalized spacial score (nSPS) is 17.5. The largest absolute Gasteiger partial charge is 0.431 e. The van der Waals surface area contributed by atoms with Crippen molar-refractivity contribution in [2.75, 3.05) is 0 Å². The van der Waals surface area contributed by atoms with Gasteiger partial charge in [0.25, 0.3) is 0 Å². The molecule has 1 aliphatic rings. The SMILES string of the molecule is C=C[SiH](Cc1ccccc1)O[Si](O[SiH](C=C)Cc1ccccc1)(c1ccccc1)C1CCCC1. The third kappa shape index (κ3) is 6.23. The van der Waals surface area contributed by atoms with Crippen LogP contribution in [-0.4, -0.2) is 26.6 Å². The molecule has 0 N–H and O–H groups in total. The van der Waals surface area contributed by atoms with Gasteiger partial charge >= 0.3 is 8.56 Å². The first-order valence-electron chi connectivity index (χ1n) is 12.5. The number of hydrogen-bond donors (Lipinski definition) is 0. The Morgan fingerprint density at radius 2 is 1.09 bits per heavy atom. The van der Waals surface area contributed by atoms with Gasteiger partial charge in [0.15, 0.2) is 18.1 Å². The van der Waals surface area contributed by atoms with Crippen molar-refractivity contribution in [3.63, 3.8) is 0 Å². The minimum absolute atomic E-state index is 0.478. The summed E-state index contributed by atoms with van der Waals surface area (Å²) in [5, 5.41) is 1.28. The Kier molecular flexibility index (Phi) is 9.07. The molecule has 3 aromatic rings. The zero-order valence-corrected chi connectivity index (χ0v) is 23.3. The second-order valence-electron chi connectivity index (χ2n) is 9.18. The Labute approximate surface area is 209 Å². The fourth-order valence-corrected chi connectivity index (χ4v) is 17.5. The molecule has 176 valence electrons. The molecule has 34 heavy (non-hydrogen) atoms. The fraction of sp³-hybridized carbons (Fsp3) is 0.241. The van der Waals surface area contributed by atoms with Crippen molar-refractivity contribution in [1.82, 2.24) is 0 Å². The van der Waals surface area contributed by atoms with Crippen molar-refractivity contribution >= 4 is 31.8 Å². The molecule has 4 rings (SSSR count). The monoisotopic (exact) mass is 500 g/mol. The van der Waals surface area contributed by atoms with Crippen LogP contribution in [0.3, 0.4) is 0 Å². The predicted molar refractivity (Wildman–Crippen MR) is 151 cm³/mol. The standard InChI is InChI=1S/C29H36O2Si3/c1-3-32(24-26-16-8-5-9-17-26)30-34(29-22-14-15-23-29,28-20-12-7-13-21-28)31-33(4-2)25-27-18-10-6-11-19-27/h3-13,16-21,29,32-33H,1-2,14-15,22-25H2. The quantitative estimate of drug-likeness (QED) is 0.294. The van der Waals surface area contributed by atoms with Crippen molar-refractivity contribution < 1.29 is 8.23 Å². The zero-order chi connectivity index (χ0) is 23.6. The molecule has 3 aromatic carbocycles. The summed E-state index contributed by atoms with van der Waals surface area (Å²) in [4.78, 5) is 0. The van der Waals surface area contributed by atoms with E-state index in [0.29, 0.717) is 5.54 Å². The van der Waals surface area contributed by atoms with E-state index in [2.05, 4.69) is 116 Å². The van der Waals surface area contributed by atoms with Crippen LogP contribution in [0, 0.1) is 0 Å². The molecule has 0 radical (unpaired) electrons. The minimum Gasteiger partial charge on any atom is -0.431 e. The molecule has 2 atom stereocenters. The molecule has 0 amide bonds. The summed E-state index contributed by atoms with van der Waals surface area (Å²) >= 11 is 0. The van der Waals surface area contributed by atoms with E-state index in [1.54, 1.807) is 0 Å². The minimum atomic E-state index is -2.73.